The molecule has 0 aliphatic rings. The normalized spacial score (nSPS) is 11.9. The molecule has 44 heavy (non-hydrogen) atoms. The first-order valence-electron chi connectivity index (χ1n) is 13.5. The van der Waals surface area contributed by atoms with Crippen LogP contribution in [0.4, 0.5) is 0 Å². The van der Waals surface area contributed by atoms with Gasteiger partial charge in [0.2, 0.25) is 0 Å². The number of benzene rings is 1. The van der Waals surface area contributed by atoms with Crippen molar-refractivity contribution < 1.29 is 60.7 Å². The fourth-order valence-electron chi connectivity index (χ4n) is 3.93. The van der Waals surface area contributed by atoms with Gasteiger partial charge < -0.3 is 10.2 Å². The summed E-state index contributed by atoms with van der Waals surface area (Å²) in [7, 11) is -4.94. The molecule has 12 heteroatoms. The van der Waals surface area contributed by atoms with E-state index < -0.39 is 10.2 Å². The number of carbonyl (C=O) groups excluding carboxylic acids is 1. The third-order valence-electron chi connectivity index (χ3n) is 5.86. The Hall–Kier alpha value is -2.87. The van der Waals surface area contributed by atoms with Gasteiger partial charge in [0, 0.05) is 32.0 Å². The summed E-state index contributed by atoms with van der Waals surface area (Å²) in [6.07, 6.45) is 4.68. The SMILES string of the molecule is CC(=O)/C=C(/C)[O-].CC(C)(C)c1cc(CN(Cc2ccccn2)Cc2ccccn2)c([O-])c(C(C)(C)C)c1.[Co+3].[O-][Cl+3]([O-])([O-])[O-]. The smallest absolute Gasteiger partial charge is 0.876 e. The summed E-state index contributed by atoms with van der Waals surface area (Å²) in [5.41, 5.74) is 4.63. The predicted molar refractivity (Wildman–Crippen MR) is 149 cm³/mol. The number of hydrogen-bond acceptors (Lipinski definition) is 10. The first-order chi connectivity index (χ1) is 19.7. The van der Waals surface area contributed by atoms with Crippen LogP contribution >= 0.6 is 0 Å². The maximum absolute atomic E-state index is 13.5. The van der Waals surface area contributed by atoms with Gasteiger partial charge in [-0.1, -0.05) is 72.7 Å². The zero-order valence-electron chi connectivity index (χ0n) is 26.4. The minimum Gasteiger partial charge on any atom is -0.876 e. The van der Waals surface area contributed by atoms with E-state index in [0.29, 0.717) is 19.6 Å². The number of ketones is 1. The molecule has 0 fully saturated rings. The third-order valence-corrected chi connectivity index (χ3v) is 5.86. The van der Waals surface area contributed by atoms with Gasteiger partial charge in [0.25, 0.3) is 0 Å². The topological polar surface area (TPSA) is 184 Å². The monoisotopic (exact) mass is 673 g/mol. The number of pyridine rings is 2. The van der Waals surface area contributed by atoms with E-state index in [2.05, 4.69) is 68.5 Å². The van der Waals surface area contributed by atoms with Gasteiger partial charge in [-0.05, 0) is 64.8 Å². The number of hydrogen-bond donors (Lipinski definition) is 0. The van der Waals surface area contributed by atoms with Crippen molar-refractivity contribution in [1.82, 2.24) is 14.9 Å². The maximum atomic E-state index is 13.5. The summed E-state index contributed by atoms with van der Waals surface area (Å²) in [4.78, 5) is 21.2. The van der Waals surface area contributed by atoms with Gasteiger partial charge in [0.05, 0.1) is 11.4 Å². The Kier molecular flexibility index (Phi) is 17.0. The van der Waals surface area contributed by atoms with Crippen molar-refractivity contribution in [2.45, 2.75) is 85.9 Å². The molecule has 0 radical (unpaired) electrons. The van der Waals surface area contributed by atoms with E-state index >= 15 is 0 Å². The second kappa shape index (κ2) is 18.2. The van der Waals surface area contributed by atoms with E-state index in [-0.39, 0.29) is 44.9 Å². The second-order valence-electron chi connectivity index (χ2n) is 12.0. The first kappa shape index (κ1) is 41.1. The fraction of sp³-hybridized carbons (Fsp3) is 0.406. The number of aromatic nitrogens is 2. The Balaban J connectivity index is 0.00000121. The van der Waals surface area contributed by atoms with Crippen LogP contribution in [-0.2, 0) is 52.0 Å². The molecule has 242 valence electrons. The van der Waals surface area contributed by atoms with Crippen molar-refractivity contribution in [3.05, 3.63) is 101 Å². The minimum atomic E-state index is -4.94. The van der Waals surface area contributed by atoms with Gasteiger partial charge in [0.1, 0.15) is 0 Å². The molecular weight excluding hydrogens is 633 g/mol. The Bertz CT molecular complexity index is 1270. The van der Waals surface area contributed by atoms with Crippen LogP contribution in [0.15, 0.2) is 72.8 Å². The molecular formula is C32H41ClCoN3O7. The van der Waals surface area contributed by atoms with Gasteiger partial charge in [0.15, 0.2) is 5.78 Å². The van der Waals surface area contributed by atoms with E-state index in [0.717, 1.165) is 28.6 Å². The number of rotatable bonds is 7. The van der Waals surface area contributed by atoms with Crippen LogP contribution in [0.3, 0.4) is 0 Å². The first-order valence-corrected chi connectivity index (χ1v) is 14.7. The van der Waals surface area contributed by atoms with Crippen molar-refractivity contribution in [2.24, 2.45) is 0 Å². The molecule has 2 heterocycles. The molecule has 1 aromatic carbocycles. The van der Waals surface area contributed by atoms with Crippen molar-refractivity contribution in [1.29, 1.82) is 0 Å². The molecule has 0 aliphatic heterocycles. The van der Waals surface area contributed by atoms with Gasteiger partial charge in [-0.15, -0.1) is 21.8 Å². The molecule has 2 aromatic heterocycles. The summed E-state index contributed by atoms with van der Waals surface area (Å²) in [5.74, 6) is -0.229. The summed E-state index contributed by atoms with van der Waals surface area (Å²) >= 11 is 0. The zero-order chi connectivity index (χ0) is 33.0. The minimum absolute atomic E-state index is 0. The summed E-state index contributed by atoms with van der Waals surface area (Å²) in [6.45, 7) is 17.5. The van der Waals surface area contributed by atoms with Crippen molar-refractivity contribution in [3.8, 4) is 5.75 Å². The molecule has 0 unspecified atom stereocenters. The van der Waals surface area contributed by atoms with Crippen LogP contribution in [0.25, 0.3) is 0 Å². The number of halogens is 1. The van der Waals surface area contributed by atoms with Crippen LogP contribution in [0.5, 0.6) is 5.75 Å². The average Bonchev–Trinajstić information content (AvgIpc) is 2.83. The van der Waals surface area contributed by atoms with Crippen LogP contribution in [0.1, 0.15) is 83.5 Å². The van der Waals surface area contributed by atoms with Gasteiger partial charge in [-0.25, -0.2) is 18.6 Å². The van der Waals surface area contributed by atoms with Crippen LogP contribution < -0.4 is 28.8 Å². The Labute approximate surface area is 273 Å². The molecule has 10 nitrogen and oxygen atoms in total. The van der Waals surface area contributed by atoms with Crippen molar-refractivity contribution in [2.75, 3.05) is 0 Å². The largest absolute Gasteiger partial charge is 3.00 e. The Morgan fingerprint density at radius 1 is 0.818 bits per heavy atom. The molecule has 0 spiro atoms. The standard InChI is InChI=1S/C27H35N3O.C5H8O2.ClHO4.Co/c1-26(2,3)21-15-20(25(31)24(16-21)27(4,5)6)17-30(18-22-11-7-9-13-28-22)19-23-12-8-10-14-29-23;1-4(6)3-5(2)7;2-1(3,4)5;/h7-16,31H,17-19H2,1-6H3;3,6H,1-2H3;(H,2,3,4,5);/q;;;+3/p-3/b;4-3-;;. The predicted octanol–water partition coefficient (Wildman–Crippen LogP) is 0.429. The van der Waals surface area contributed by atoms with E-state index in [4.69, 9.17) is 18.6 Å². The number of nitrogens with zero attached hydrogens (tertiary/aromatic N) is 3. The molecule has 0 N–H and O–H groups in total. The summed E-state index contributed by atoms with van der Waals surface area (Å²) in [6, 6.07) is 16.1. The summed E-state index contributed by atoms with van der Waals surface area (Å²) in [5, 5.41) is 23.5. The molecule has 0 bridgehead atoms. The Morgan fingerprint density at radius 3 is 1.57 bits per heavy atom. The molecule has 0 saturated carbocycles. The van der Waals surface area contributed by atoms with Gasteiger partial charge >= 0.3 is 16.8 Å². The van der Waals surface area contributed by atoms with Gasteiger partial charge in [-0.3, -0.25) is 19.7 Å². The number of allylic oxidation sites excluding steroid dienone is 2. The van der Waals surface area contributed by atoms with E-state index in [1.165, 1.54) is 19.4 Å². The van der Waals surface area contributed by atoms with Crippen molar-refractivity contribution in [3.63, 3.8) is 0 Å². The second-order valence-corrected chi connectivity index (χ2v) is 12.8. The van der Waals surface area contributed by atoms with Crippen LogP contribution in [0, 0.1) is 10.2 Å². The van der Waals surface area contributed by atoms with Gasteiger partial charge in [-0.2, -0.15) is 0 Å². The average molecular weight is 674 g/mol. The Morgan fingerprint density at radius 2 is 1.27 bits per heavy atom. The molecule has 0 atom stereocenters. The number of carbonyl (C=O) groups is 1. The third kappa shape index (κ3) is 17.4. The zero-order valence-corrected chi connectivity index (χ0v) is 28.2. The van der Waals surface area contributed by atoms with E-state index in [9.17, 15) is 15.0 Å². The van der Waals surface area contributed by atoms with Crippen molar-refractivity contribution >= 4 is 5.78 Å². The van der Waals surface area contributed by atoms with Crippen LogP contribution in [-0.4, -0.2) is 20.7 Å². The van der Waals surface area contributed by atoms with Crippen LogP contribution in [0.2, 0.25) is 0 Å². The maximum Gasteiger partial charge on any atom is 3.00 e. The fourth-order valence-corrected chi connectivity index (χ4v) is 3.93. The molecule has 0 saturated heterocycles. The molecule has 3 rings (SSSR count). The van der Waals surface area contributed by atoms with E-state index in [1.54, 1.807) is 0 Å². The quantitative estimate of drug-likeness (QED) is 0.252. The molecule has 3 aromatic rings. The molecule has 0 aliphatic carbocycles. The summed E-state index contributed by atoms with van der Waals surface area (Å²) < 4.78 is 34.0. The van der Waals surface area contributed by atoms with E-state index in [1.807, 2.05) is 48.8 Å². The molecule has 0 amide bonds.